The van der Waals surface area contributed by atoms with Crippen LogP contribution in [-0.4, -0.2) is 19.3 Å². The van der Waals surface area contributed by atoms with E-state index in [1.807, 2.05) is 30.3 Å². The van der Waals surface area contributed by atoms with E-state index >= 15 is 0 Å². The van der Waals surface area contributed by atoms with Gasteiger partial charge in [0.25, 0.3) is 0 Å². The Bertz CT molecular complexity index is 682. The minimum atomic E-state index is -4.38. The van der Waals surface area contributed by atoms with E-state index in [-0.39, 0.29) is 28.6 Å². The van der Waals surface area contributed by atoms with E-state index in [9.17, 15) is 13.2 Å². The van der Waals surface area contributed by atoms with E-state index in [1.54, 1.807) is 4.90 Å². The molecule has 1 unspecified atom stereocenters. The summed E-state index contributed by atoms with van der Waals surface area (Å²) in [7, 11) is 0. The van der Waals surface area contributed by atoms with Crippen LogP contribution in [0.4, 0.5) is 18.9 Å². The van der Waals surface area contributed by atoms with Crippen LogP contribution in [0.1, 0.15) is 12.0 Å². The third kappa shape index (κ3) is 3.02. The Hall–Kier alpha value is -1.39. The molecule has 6 heteroatoms. The van der Waals surface area contributed by atoms with Gasteiger partial charge in [0, 0.05) is 28.8 Å². The van der Waals surface area contributed by atoms with Gasteiger partial charge in [-0.2, -0.15) is 13.2 Å². The molecular formula is C17H14Cl2F3N. The molecular weight excluding hydrogens is 346 g/mol. The summed E-state index contributed by atoms with van der Waals surface area (Å²) in [6.07, 6.45) is -4.41. The third-order valence-electron chi connectivity index (χ3n) is 4.35. The maximum atomic E-state index is 13.9. The van der Waals surface area contributed by atoms with Crippen LogP contribution in [0.15, 0.2) is 48.5 Å². The first kappa shape index (κ1) is 16.5. The van der Waals surface area contributed by atoms with Gasteiger partial charge in [0.2, 0.25) is 0 Å². The van der Waals surface area contributed by atoms with Gasteiger partial charge >= 0.3 is 6.18 Å². The smallest absolute Gasteiger partial charge is 0.370 e. The Morgan fingerprint density at radius 3 is 2.13 bits per heavy atom. The highest BCUT2D eigenvalue weighted by atomic mass is 35.5. The molecule has 3 rings (SSSR count). The Morgan fingerprint density at radius 1 is 0.957 bits per heavy atom. The Labute approximate surface area is 142 Å². The fourth-order valence-electron chi connectivity index (χ4n) is 3.13. The summed E-state index contributed by atoms with van der Waals surface area (Å²) in [6, 6.07) is 13.3. The van der Waals surface area contributed by atoms with Crippen molar-refractivity contribution in [1.29, 1.82) is 0 Å². The van der Waals surface area contributed by atoms with E-state index < -0.39 is 11.6 Å². The summed E-state index contributed by atoms with van der Waals surface area (Å²) in [5.74, 6) is 0. The molecule has 1 fully saturated rings. The third-order valence-corrected chi connectivity index (χ3v) is 4.78. The molecule has 1 atom stereocenters. The van der Waals surface area contributed by atoms with Gasteiger partial charge in [-0.15, -0.1) is 0 Å². The lowest BCUT2D eigenvalue weighted by Crippen LogP contribution is -2.44. The van der Waals surface area contributed by atoms with Crippen LogP contribution in [0.25, 0.3) is 0 Å². The molecule has 23 heavy (non-hydrogen) atoms. The van der Waals surface area contributed by atoms with Gasteiger partial charge in [0.15, 0.2) is 0 Å². The second kappa shape index (κ2) is 5.91. The quantitative estimate of drug-likeness (QED) is 0.664. The number of hydrogen-bond acceptors (Lipinski definition) is 1. The molecule has 0 bridgehead atoms. The number of halogens is 5. The predicted molar refractivity (Wildman–Crippen MR) is 87.5 cm³/mol. The summed E-state index contributed by atoms with van der Waals surface area (Å²) >= 11 is 11.9. The van der Waals surface area contributed by atoms with Gasteiger partial charge in [-0.05, 0) is 42.3 Å². The van der Waals surface area contributed by atoms with Crippen LogP contribution < -0.4 is 4.90 Å². The standard InChI is InChI=1S/C17H14Cl2F3N/c18-13-8-12(9-14(19)10-13)16(17(20,21)22)6-7-23(11-16)15-4-2-1-3-5-15/h1-5,8-10H,6-7,11H2. The number of hydrogen-bond donors (Lipinski definition) is 0. The average molecular weight is 360 g/mol. The fourth-order valence-corrected chi connectivity index (χ4v) is 3.66. The molecule has 1 aliphatic heterocycles. The van der Waals surface area contributed by atoms with Crippen molar-refractivity contribution in [3.8, 4) is 0 Å². The van der Waals surface area contributed by atoms with Gasteiger partial charge in [-0.3, -0.25) is 0 Å². The van der Waals surface area contributed by atoms with Crippen molar-refractivity contribution >= 4 is 28.9 Å². The number of para-hydroxylation sites is 1. The molecule has 0 spiro atoms. The average Bonchev–Trinajstić information content (AvgIpc) is 2.93. The van der Waals surface area contributed by atoms with E-state index in [0.29, 0.717) is 6.54 Å². The fraction of sp³-hybridized carbons (Fsp3) is 0.294. The van der Waals surface area contributed by atoms with Crippen molar-refractivity contribution in [2.75, 3.05) is 18.0 Å². The second-order valence-corrected chi connectivity index (χ2v) is 6.62. The minimum Gasteiger partial charge on any atom is -0.370 e. The van der Waals surface area contributed by atoms with E-state index in [1.165, 1.54) is 18.2 Å². The van der Waals surface area contributed by atoms with Crippen LogP contribution in [0.3, 0.4) is 0 Å². The first-order valence-corrected chi connectivity index (χ1v) is 7.91. The first-order valence-electron chi connectivity index (χ1n) is 7.15. The van der Waals surface area contributed by atoms with Gasteiger partial charge in [0.05, 0.1) is 0 Å². The van der Waals surface area contributed by atoms with Gasteiger partial charge in [-0.25, -0.2) is 0 Å². The van der Waals surface area contributed by atoms with Crippen LogP contribution in [0.2, 0.25) is 10.0 Å². The maximum Gasteiger partial charge on any atom is 0.400 e. The number of rotatable bonds is 2. The van der Waals surface area contributed by atoms with Gasteiger partial charge < -0.3 is 4.90 Å². The van der Waals surface area contributed by atoms with Crippen molar-refractivity contribution in [2.45, 2.75) is 18.0 Å². The molecule has 1 saturated heterocycles. The molecule has 122 valence electrons. The lowest BCUT2D eigenvalue weighted by atomic mass is 9.79. The number of nitrogens with zero attached hydrogens (tertiary/aromatic N) is 1. The van der Waals surface area contributed by atoms with Crippen LogP contribution in [0.5, 0.6) is 0 Å². The van der Waals surface area contributed by atoms with E-state index in [0.717, 1.165) is 5.69 Å². The second-order valence-electron chi connectivity index (χ2n) is 5.75. The van der Waals surface area contributed by atoms with Crippen molar-refractivity contribution in [1.82, 2.24) is 0 Å². The molecule has 0 amide bonds. The predicted octanol–water partition coefficient (Wildman–Crippen LogP) is 5.70. The molecule has 0 N–H and O–H groups in total. The van der Waals surface area contributed by atoms with Gasteiger partial charge in [-0.1, -0.05) is 41.4 Å². The van der Waals surface area contributed by atoms with Crippen molar-refractivity contribution in [3.63, 3.8) is 0 Å². The summed E-state index contributed by atoms with van der Waals surface area (Å²) in [5, 5.41) is 0.434. The molecule has 1 heterocycles. The molecule has 0 aliphatic carbocycles. The largest absolute Gasteiger partial charge is 0.400 e. The van der Waals surface area contributed by atoms with Crippen molar-refractivity contribution < 1.29 is 13.2 Å². The summed E-state index contributed by atoms with van der Waals surface area (Å²) < 4.78 is 41.8. The lowest BCUT2D eigenvalue weighted by Gasteiger charge is -2.33. The van der Waals surface area contributed by atoms with Crippen LogP contribution >= 0.6 is 23.2 Å². The Morgan fingerprint density at radius 2 is 1.57 bits per heavy atom. The zero-order chi connectivity index (χ0) is 16.7. The first-order chi connectivity index (χ1) is 10.8. The van der Waals surface area contributed by atoms with Crippen LogP contribution in [-0.2, 0) is 5.41 Å². The number of anilines is 1. The van der Waals surface area contributed by atoms with E-state index in [4.69, 9.17) is 23.2 Å². The lowest BCUT2D eigenvalue weighted by molar-refractivity contribution is -0.184. The molecule has 0 saturated carbocycles. The van der Waals surface area contributed by atoms with Crippen molar-refractivity contribution in [3.05, 3.63) is 64.1 Å². The highest BCUT2D eigenvalue weighted by molar-refractivity contribution is 6.34. The van der Waals surface area contributed by atoms with E-state index in [2.05, 4.69) is 0 Å². The van der Waals surface area contributed by atoms with Crippen LogP contribution in [0, 0.1) is 0 Å². The molecule has 1 aliphatic rings. The highest BCUT2D eigenvalue weighted by Gasteiger charge is 2.59. The molecule has 1 nitrogen and oxygen atoms in total. The molecule has 2 aromatic rings. The maximum absolute atomic E-state index is 13.9. The zero-order valence-electron chi connectivity index (χ0n) is 12.1. The zero-order valence-corrected chi connectivity index (χ0v) is 13.6. The summed E-state index contributed by atoms with van der Waals surface area (Å²) in [6.45, 7) is 0.185. The molecule has 0 radical (unpaired) electrons. The molecule has 2 aromatic carbocycles. The SMILES string of the molecule is FC(F)(F)C1(c2cc(Cl)cc(Cl)c2)CCN(c2ccccc2)C1. The number of alkyl halides is 3. The molecule has 0 aromatic heterocycles. The topological polar surface area (TPSA) is 3.24 Å². The monoisotopic (exact) mass is 359 g/mol. The number of benzene rings is 2. The summed E-state index contributed by atoms with van der Waals surface area (Å²) in [4.78, 5) is 1.75. The van der Waals surface area contributed by atoms with Crippen molar-refractivity contribution in [2.24, 2.45) is 0 Å². The van der Waals surface area contributed by atoms with Gasteiger partial charge in [0.1, 0.15) is 5.41 Å². The highest BCUT2D eigenvalue weighted by Crippen LogP contribution is 2.49. The summed E-state index contributed by atoms with van der Waals surface area (Å²) in [5.41, 5.74) is -1.05. The normalized spacial score (nSPS) is 21.7. The Kier molecular flexibility index (Phi) is 4.23. The Balaban J connectivity index is 2.03. The minimum absolute atomic E-state index is 0.0257.